The summed E-state index contributed by atoms with van der Waals surface area (Å²) in [5.41, 5.74) is 0.871. The van der Waals surface area contributed by atoms with Crippen molar-refractivity contribution in [3.8, 4) is 0 Å². The molecule has 0 aliphatic heterocycles. The molecular formula is C18H22N2O4. The molecule has 0 heterocycles. The van der Waals surface area contributed by atoms with Crippen LogP contribution in [-0.4, -0.2) is 28.9 Å². The summed E-state index contributed by atoms with van der Waals surface area (Å²) in [5.74, 6) is -1.98. The van der Waals surface area contributed by atoms with Crippen LogP contribution in [0.2, 0.25) is 0 Å². The third-order valence-corrected chi connectivity index (χ3v) is 3.41. The van der Waals surface area contributed by atoms with Crippen LogP contribution in [-0.2, 0) is 9.59 Å². The third kappa shape index (κ3) is 5.72. The van der Waals surface area contributed by atoms with Crippen LogP contribution in [0.15, 0.2) is 49.6 Å². The van der Waals surface area contributed by atoms with E-state index in [1.54, 1.807) is 24.3 Å². The van der Waals surface area contributed by atoms with Gasteiger partial charge in [0.25, 0.3) is 5.91 Å². The van der Waals surface area contributed by atoms with E-state index in [-0.39, 0.29) is 11.8 Å². The number of rotatable bonds is 9. The second-order valence-electron chi connectivity index (χ2n) is 5.35. The molecule has 24 heavy (non-hydrogen) atoms. The molecule has 0 aliphatic carbocycles. The Morgan fingerprint density at radius 1 is 1.12 bits per heavy atom. The van der Waals surface area contributed by atoms with Crippen molar-refractivity contribution >= 4 is 23.5 Å². The summed E-state index contributed by atoms with van der Waals surface area (Å²) in [7, 11) is 0. The van der Waals surface area contributed by atoms with Gasteiger partial charge >= 0.3 is 5.97 Å². The molecule has 1 aromatic rings. The zero-order chi connectivity index (χ0) is 18.1. The number of carboxylic acid groups (broad SMARTS) is 1. The van der Waals surface area contributed by atoms with Gasteiger partial charge in [0.05, 0.1) is 0 Å². The number of aliphatic carboxylic acids is 1. The van der Waals surface area contributed by atoms with Gasteiger partial charge < -0.3 is 15.7 Å². The van der Waals surface area contributed by atoms with Gasteiger partial charge in [-0.25, -0.2) is 0 Å². The van der Waals surface area contributed by atoms with Crippen LogP contribution in [0.1, 0.15) is 30.1 Å². The number of carboxylic acids is 1. The number of benzene rings is 1. The summed E-state index contributed by atoms with van der Waals surface area (Å²) in [6.45, 7) is 8.66. The SMILES string of the molecule is C=CCC(CC=C)C(=O)Nc1ccc(C(=O)NC(C)C(=O)O)cc1. The van der Waals surface area contributed by atoms with Gasteiger partial charge in [-0.1, -0.05) is 12.2 Å². The van der Waals surface area contributed by atoms with E-state index in [2.05, 4.69) is 23.8 Å². The zero-order valence-corrected chi connectivity index (χ0v) is 13.6. The van der Waals surface area contributed by atoms with Gasteiger partial charge in [-0.05, 0) is 44.0 Å². The Morgan fingerprint density at radius 2 is 1.67 bits per heavy atom. The molecule has 0 saturated heterocycles. The lowest BCUT2D eigenvalue weighted by Crippen LogP contribution is -2.38. The minimum Gasteiger partial charge on any atom is -0.480 e. The van der Waals surface area contributed by atoms with Gasteiger partial charge in [-0.3, -0.25) is 14.4 Å². The fourth-order valence-electron chi connectivity index (χ4n) is 2.00. The molecule has 1 atom stereocenters. The Labute approximate surface area is 141 Å². The van der Waals surface area contributed by atoms with E-state index in [1.807, 2.05) is 0 Å². The maximum absolute atomic E-state index is 12.2. The van der Waals surface area contributed by atoms with Crippen molar-refractivity contribution in [1.29, 1.82) is 0 Å². The lowest BCUT2D eigenvalue weighted by Gasteiger charge is -2.14. The minimum atomic E-state index is -1.11. The predicted octanol–water partition coefficient (Wildman–Crippen LogP) is 2.60. The van der Waals surface area contributed by atoms with Gasteiger partial charge in [0.15, 0.2) is 0 Å². The Balaban J connectivity index is 2.71. The summed E-state index contributed by atoms with van der Waals surface area (Å²) in [5, 5.41) is 13.9. The van der Waals surface area contributed by atoms with Gasteiger partial charge in [-0.15, -0.1) is 13.2 Å². The smallest absolute Gasteiger partial charge is 0.325 e. The molecule has 1 unspecified atom stereocenters. The average molecular weight is 330 g/mol. The topological polar surface area (TPSA) is 95.5 Å². The lowest BCUT2D eigenvalue weighted by atomic mass is 10.0. The second kappa shape index (κ2) is 9.29. The number of hydrogen-bond donors (Lipinski definition) is 3. The first-order valence-corrected chi connectivity index (χ1v) is 7.55. The number of nitrogens with one attached hydrogen (secondary N) is 2. The van der Waals surface area contributed by atoms with Crippen LogP contribution in [0.5, 0.6) is 0 Å². The van der Waals surface area contributed by atoms with Crippen molar-refractivity contribution < 1.29 is 19.5 Å². The first-order chi connectivity index (χ1) is 11.4. The highest BCUT2D eigenvalue weighted by atomic mass is 16.4. The van der Waals surface area contributed by atoms with Gasteiger partial charge in [0.1, 0.15) is 6.04 Å². The highest BCUT2D eigenvalue weighted by Crippen LogP contribution is 2.15. The number of carbonyl (C=O) groups excluding carboxylic acids is 2. The molecule has 128 valence electrons. The maximum Gasteiger partial charge on any atom is 0.325 e. The standard InChI is InChI=1S/C18H22N2O4/c1-4-6-13(7-5-2)17(22)20-15-10-8-14(9-11-15)16(21)19-12(3)18(23)24/h4-5,8-13H,1-2,6-7H2,3H3,(H,19,21)(H,20,22)(H,23,24). The van der Waals surface area contributed by atoms with E-state index in [1.165, 1.54) is 19.1 Å². The van der Waals surface area contributed by atoms with Crippen LogP contribution >= 0.6 is 0 Å². The largest absolute Gasteiger partial charge is 0.480 e. The summed E-state index contributed by atoms with van der Waals surface area (Å²) in [6, 6.07) is 5.26. The Kier molecular flexibility index (Phi) is 7.42. The molecule has 1 rings (SSSR count). The molecule has 0 bridgehead atoms. The molecular weight excluding hydrogens is 308 g/mol. The van der Waals surface area contributed by atoms with Crippen molar-refractivity contribution in [3.05, 3.63) is 55.1 Å². The molecule has 1 aromatic carbocycles. The molecule has 6 nitrogen and oxygen atoms in total. The number of allylic oxidation sites excluding steroid dienone is 2. The van der Waals surface area contributed by atoms with Gasteiger partial charge in [0.2, 0.25) is 5.91 Å². The summed E-state index contributed by atoms with van der Waals surface area (Å²) < 4.78 is 0. The first-order valence-electron chi connectivity index (χ1n) is 7.55. The number of hydrogen-bond acceptors (Lipinski definition) is 3. The van der Waals surface area contributed by atoms with Crippen molar-refractivity contribution in [3.63, 3.8) is 0 Å². The van der Waals surface area contributed by atoms with Crippen molar-refractivity contribution in [2.45, 2.75) is 25.8 Å². The zero-order valence-electron chi connectivity index (χ0n) is 13.6. The van der Waals surface area contributed by atoms with E-state index < -0.39 is 17.9 Å². The third-order valence-electron chi connectivity index (χ3n) is 3.41. The molecule has 0 aliphatic rings. The fourth-order valence-corrected chi connectivity index (χ4v) is 2.00. The fraction of sp³-hybridized carbons (Fsp3) is 0.278. The lowest BCUT2D eigenvalue weighted by molar-refractivity contribution is -0.138. The molecule has 0 fully saturated rings. The van der Waals surface area contributed by atoms with Crippen LogP contribution in [0, 0.1) is 5.92 Å². The Hall–Kier alpha value is -2.89. The molecule has 0 spiro atoms. The molecule has 0 saturated carbocycles. The highest BCUT2D eigenvalue weighted by molar-refractivity contribution is 5.97. The minimum absolute atomic E-state index is 0.147. The molecule has 3 N–H and O–H groups in total. The molecule has 6 heteroatoms. The van der Waals surface area contributed by atoms with E-state index >= 15 is 0 Å². The Morgan fingerprint density at radius 3 is 2.12 bits per heavy atom. The Bertz CT molecular complexity index is 612. The summed E-state index contributed by atoms with van der Waals surface area (Å²) >= 11 is 0. The van der Waals surface area contributed by atoms with Crippen LogP contribution < -0.4 is 10.6 Å². The summed E-state index contributed by atoms with van der Waals surface area (Å²) in [6.07, 6.45) is 4.46. The van der Waals surface area contributed by atoms with Crippen LogP contribution in [0.3, 0.4) is 0 Å². The monoisotopic (exact) mass is 330 g/mol. The van der Waals surface area contributed by atoms with E-state index in [4.69, 9.17) is 5.11 Å². The molecule has 0 radical (unpaired) electrons. The van der Waals surface area contributed by atoms with E-state index in [0.29, 0.717) is 24.1 Å². The number of amides is 2. The summed E-state index contributed by atoms with van der Waals surface area (Å²) in [4.78, 5) is 34.8. The molecule has 2 amide bonds. The van der Waals surface area contributed by atoms with Gasteiger partial charge in [0, 0.05) is 17.2 Å². The van der Waals surface area contributed by atoms with Crippen LogP contribution in [0.25, 0.3) is 0 Å². The first kappa shape index (κ1) is 19.2. The van der Waals surface area contributed by atoms with Crippen molar-refractivity contribution in [1.82, 2.24) is 5.32 Å². The molecule has 0 aromatic heterocycles. The second-order valence-corrected chi connectivity index (χ2v) is 5.35. The normalized spacial score (nSPS) is 11.4. The number of anilines is 1. The van der Waals surface area contributed by atoms with E-state index in [9.17, 15) is 14.4 Å². The van der Waals surface area contributed by atoms with Crippen molar-refractivity contribution in [2.24, 2.45) is 5.92 Å². The maximum atomic E-state index is 12.2. The average Bonchev–Trinajstić information content (AvgIpc) is 2.55. The van der Waals surface area contributed by atoms with Crippen LogP contribution in [0.4, 0.5) is 5.69 Å². The highest BCUT2D eigenvalue weighted by Gasteiger charge is 2.17. The number of carbonyl (C=O) groups is 3. The van der Waals surface area contributed by atoms with E-state index in [0.717, 1.165) is 0 Å². The van der Waals surface area contributed by atoms with Crippen molar-refractivity contribution in [2.75, 3.05) is 5.32 Å². The predicted molar refractivity (Wildman–Crippen MR) is 92.8 cm³/mol. The quantitative estimate of drug-likeness (QED) is 0.606. The van der Waals surface area contributed by atoms with Gasteiger partial charge in [-0.2, -0.15) is 0 Å².